The van der Waals surface area contributed by atoms with Gasteiger partial charge in [0.15, 0.2) is 5.96 Å². The van der Waals surface area contributed by atoms with Crippen molar-refractivity contribution >= 4 is 23.7 Å². The standard InChI is InChI=1S/C28H37N5O5/c29-28(30)31-16-6-11-23(32-17-19-12-14-22(34)15-13-19)26(37)33(18-24(35)36)27(38)25(21-9-4-5-10-21)20-7-2-1-3-8-20/h1-3,7-8,12-15,21,23,25,32,34H,4-6,9-11,16-18H2,(H,35,36)(H4,29,30,31)/t23-,25?/m1/s1. The first-order chi connectivity index (χ1) is 18.3. The third kappa shape index (κ3) is 8.31. The Morgan fingerprint density at radius 3 is 2.26 bits per heavy atom. The molecule has 0 bridgehead atoms. The van der Waals surface area contributed by atoms with E-state index in [0.717, 1.165) is 41.7 Å². The lowest BCUT2D eigenvalue weighted by molar-refractivity contribution is -0.155. The topological polar surface area (TPSA) is 171 Å². The van der Waals surface area contributed by atoms with Crippen LogP contribution in [0.4, 0.5) is 0 Å². The first-order valence-electron chi connectivity index (χ1n) is 12.9. The summed E-state index contributed by atoms with van der Waals surface area (Å²) < 4.78 is 0. The number of hydrogen-bond acceptors (Lipinski definition) is 6. The van der Waals surface area contributed by atoms with Gasteiger partial charge in [0.2, 0.25) is 11.8 Å². The van der Waals surface area contributed by atoms with Gasteiger partial charge in [-0.15, -0.1) is 0 Å². The minimum Gasteiger partial charge on any atom is -0.508 e. The first-order valence-corrected chi connectivity index (χ1v) is 12.9. The molecule has 2 amide bonds. The zero-order valence-electron chi connectivity index (χ0n) is 21.5. The number of aromatic hydroxyl groups is 1. The molecule has 7 N–H and O–H groups in total. The minimum absolute atomic E-state index is 0.0410. The average molecular weight is 524 g/mol. The normalized spacial score (nSPS) is 14.9. The van der Waals surface area contributed by atoms with Crippen LogP contribution in [0.15, 0.2) is 59.6 Å². The molecule has 1 aliphatic carbocycles. The van der Waals surface area contributed by atoms with Gasteiger partial charge in [-0.1, -0.05) is 55.3 Å². The predicted molar refractivity (Wildman–Crippen MR) is 144 cm³/mol. The van der Waals surface area contributed by atoms with Crippen LogP contribution in [0.5, 0.6) is 5.75 Å². The van der Waals surface area contributed by atoms with E-state index in [2.05, 4.69) is 10.3 Å². The second-order valence-corrected chi connectivity index (χ2v) is 9.64. The lowest BCUT2D eigenvalue weighted by atomic mass is 9.83. The molecule has 2 atom stereocenters. The van der Waals surface area contributed by atoms with E-state index in [4.69, 9.17) is 11.5 Å². The van der Waals surface area contributed by atoms with E-state index in [1.54, 1.807) is 24.3 Å². The van der Waals surface area contributed by atoms with E-state index in [1.807, 2.05) is 30.3 Å². The number of carbonyl (C=O) groups excluding carboxylic acids is 2. The van der Waals surface area contributed by atoms with Crippen LogP contribution in [-0.2, 0) is 20.9 Å². The lowest BCUT2D eigenvalue weighted by Gasteiger charge is -2.31. The Morgan fingerprint density at radius 1 is 1.00 bits per heavy atom. The van der Waals surface area contributed by atoms with Gasteiger partial charge in [0.05, 0.1) is 12.0 Å². The van der Waals surface area contributed by atoms with Gasteiger partial charge < -0.3 is 27.0 Å². The van der Waals surface area contributed by atoms with Gasteiger partial charge in [0, 0.05) is 13.1 Å². The van der Waals surface area contributed by atoms with E-state index in [0.29, 0.717) is 6.42 Å². The summed E-state index contributed by atoms with van der Waals surface area (Å²) in [6, 6.07) is 14.9. The van der Waals surface area contributed by atoms with Gasteiger partial charge in [0.1, 0.15) is 12.3 Å². The number of carboxylic acid groups (broad SMARTS) is 1. The van der Waals surface area contributed by atoms with Crippen LogP contribution in [0.25, 0.3) is 0 Å². The van der Waals surface area contributed by atoms with Gasteiger partial charge in [-0.05, 0) is 54.9 Å². The number of nitrogens with two attached hydrogens (primary N) is 2. The Balaban J connectivity index is 1.87. The fourth-order valence-corrected chi connectivity index (χ4v) is 4.99. The van der Waals surface area contributed by atoms with Crippen LogP contribution in [0.1, 0.15) is 55.6 Å². The van der Waals surface area contributed by atoms with Gasteiger partial charge in [0.25, 0.3) is 0 Å². The lowest BCUT2D eigenvalue weighted by Crippen LogP contribution is -2.52. The number of hydrogen-bond donors (Lipinski definition) is 5. The van der Waals surface area contributed by atoms with Crippen molar-refractivity contribution in [1.82, 2.24) is 10.2 Å². The molecule has 204 valence electrons. The molecule has 38 heavy (non-hydrogen) atoms. The molecule has 0 heterocycles. The highest BCUT2D eigenvalue weighted by molar-refractivity contribution is 6.02. The summed E-state index contributed by atoms with van der Waals surface area (Å²) in [6.45, 7) is -0.160. The number of phenolic OH excluding ortho intramolecular Hbond substituents is 1. The van der Waals surface area contributed by atoms with E-state index >= 15 is 0 Å². The van der Waals surface area contributed by atoms with Crippen molar-refractivity contribution in [2.24, 2.45) is 22.4 Å². The largest absolute Gasteiger partial charge is 0.508 e. The Kier molecular flexibility index (Phi) is 10.7. The molecular formula is C28H37N5O5. The Hall–Kier alpha value is -3.92. The van der Waals surface area contributed by atoms with Crippen LogP contribution in [0.2, 0.25) is 0 Å². The van der Waals surface area contributed by atoms with E-state index in [-0.39, 0.29) is 37.1 Å². The monoisotopic (exact) mass is 523 g/mol. The molecule has 2 aromatic rings. The number of phenols is 1. The summed E-state index contributed by atoms with van der Waals surface area (Å²) in [6.07, 6.45) is 4.42. The summed E-state index contributed by atoms with van der Waals surface area (Å²) in [4.78, 5) is 44.5. The molecule has 1 saturated carbocycles. The molecular weight excluding hydrogens is 486 g/mol. The molecule has 1 unspecified atom stereocenters. The van der Waals surface area contributed by atoms with Crippen molar-refractivity contribution < 1.29 is 24.6 Å². The van der Waals surface area contributed by atoms with Gasteiger partial charge in [-0.25, -0.2) is 0 Å². The maximum absolute atomic E-state index is 14.0. The number of amides is 2. The molecule has 1 fully saturated rings. The molecule has 2 aromatic carbocycles. The summed E-state index contributed by atoms with van der Waals surface area (Å²) in [5.41, 5.74) is 12.4. The summed E-state index contributed by atoms with van der Waals surface area (Å²) >= 11 is 0. The van der Waals surface area contributed by atoms with E-state index in [1.165, 1.54) is 0 Å². The number of imide groups is 1. The second kappa shape index (κ2) is 14.1. The molecule has 0 saturated heterocycles. The smallest absolute Gasteiger partial charge is 0.323 e. The van der Waals surface area contributed by atoms with E-state index in [9.17, 15) is 24.6 Å². The average Bonchev–Trinajstić information content (AvgIpc) is 3.42. The summed E-state index contributed by atoms with van der Waals surface area (Å²) in [5, 5.41) is 22.4. The first kappa shape index (κ1) is 28.6. The number of carboxylic acids is 1. The third-order valence-electron chi connectivity index (χ3n) is 6.85. The van der Waals surface area contributed by atoms with E-state index < -0.39 is 36.3 Å². The van der Waals surface area contributed by atoms with Crippen molar-refractivity contribution in [3.8, 4) is 5.75 Å². The summed E-state index contributed by atoms with van der Waals surface area (Å²) in [7, 11) is 0. The van der Waals surface area contributed by atoms with Crippen LogP contribution in [0.3, 0.4) is 0 Å². The second-order valence-electron chi connectivity index (χ2n) is 9.64. The van der Waals surface area contributed by atoms with Crippen molar-refractivity contribution in [2.45, 2.75) is 57.0 Å². The molecule has 0 spiro atoms. The molecule has 3 rings (SSSR count). The van der Waals surface area contributed by atoms with Crippen LogP contribution < -0.4 is 16.8 Å². The van der Waals surface area contributed by atoms with Crippen molar-refractivity contribution in [2.75, 3.05) is 13.1 Å². The predicted octanol–water partition coefficient (Wildman–Crippen LogP) is 2.32. The number of rotatable bonds is 13. The highest BCUT2D eigenvalue weighted by atomic mass is 16.4. The number of nitrogens with zero attached hydrogens (tertiary/aromatic N) is 2. The number of aliphatic imine (C=N–C) groups is 1. The fourth-order valence-electron chi connectivity index (χ4n) is 4.99. The highest BCUT2D eigenvalue weighted by Crippen LogP contribution is 2.38. The quantitative estimate of drug-likeness (QED) is 0.151. The molecule has 0 radical (unpaired) electrons. The molecule has 0 aliphatic heterocycles. The highest BCUT2D eigenvalue weighted by Gasteiger charge is 2.39. The molecule has 10 heteroatoms. The number of carbonyl (C=O) groups is 3. The third-order valence-corrected chi connectivity index (χ3v) is 6.85. The van der Waals surface area contributed by atoms with Gasteiger partial charge >= 0.3 is 5.97 Å². The maximum Gasteiger partial charge on any atom is 0.323 e. The number of nitrogens with one attached hydrogen (secondary N) is 1. The Labute approximate surface area is 222 Å². The van der Waals surface area contributed by atoms with Gasteiger partial charge in [-0.3, -0.25) is 24.3 Å². The van der Waals surface area contributed by atoms with Crippen molar-refractivity contribution in [3.63, 3.8) is 0 Å². The van der Waals surface area contributed by atoms with Crippen molar-refractivity contribution in [3.05, 3.63) is 65.7 Å². The van der Waals surface area contributed by atoms with Crippen molar-refractivity contribution in [1.29, 1.82) is 0 Å². The van der Waals surface area contributed by atoms with Crippen LogP contribution in [-0.4, -0.2) is 58.0 Å². The minimum atomic E-state index is -1.26. The summed E-state index contributed by atoms with van der Waals surface area (Å²) in [5.74, 6) is -2.84. The SMILES string of the molecule is NC(N)=NCCC[C@@H](NCc1ccc(O)cc1)C(=O)N(CC(=O)O)C(=O)C(c1ccccc1)C1CCCC1. The number of benzene rings is 2. The Morgan fingerprint density at radius 2 is 1.66 bits per heavy atom. The molecule has 1 aliphatic rings. The van der Waals surface area contributed by atoms with Crippen LogP contribution in [0, 0.1) is 5.92 Å². The zero-order chi connectivity index (χ0) is 27.5. The zero-order valence-corrected chi connectivity index (χ0v) is 21.5. The maximum atomic E-state index is 14.0. The number of aliphatic carboxylic acids is 1. The Bertz CT molecular complexity index is 1100. The fraction of sp³-hybridized carbons (Fsp3) is 0.429. The molecule has 10 nitrogen and oxygen atoms in total. The van der Waals surface area contributed by atoms with Crippen LogP contribution >= 0.6 is 0 Å². The number of guanidine groups is 1. The molecule has 0 aromatic heterocycles. The van der Waals surface area contributed by atoms with Gasteiger partial charge in [-0.2, -0.15) is 0 Å².